The predicted octanol–water partition coefficient (Wildman–Crippen LogP) is 1.77. The van der Waals surface area contributed by atoms with Crippen molar-refractivity contribution >= 4 is 11.8 Å². The Morgan fingerprint density at radius 1 is 1.24 bits per heavy atom. The first-order valence-electron chi connectivity index (χ1n) is 10.4. The monoisotopic (exact) mass is 393 g/mol. The van der Waals surface area contributed by atoms with E-state index in [0.717, 1.165) is 36.5 Å². The highest BCUT2D eigenvalue weighted by Gasteiger charge is 2.30. The molecule has 3 heterocycles. The molecule has 2 aromatic heterocycles. The summed E-state index contributed by atoms with van der Waals surface area (Å²) in [5.74, 6) is 0.709. The Kier molecular flexibility index (Phi) is 5.83. The smallest absolute Gasteiger partial charge is 0.224 e. The Labute approximate surface area is 171 Å². The van der Waals surface area contributed by atoms with Gasteiger partial charge < -0.3 is 10.2 Å². The summed E-state index contributed by atoms with van der Waals surface area (Å²) in [5, 5.41) is 3.01. The van der Waals surface area contributed by atoms with Gasteiger partial charge in [-0.2, -0.15) is 0 Å². The zero-order valence-corrected chi connectivity index (χ0v) is 16.9. The highest BCUT2D eigenvalue weighted by molar-refractivity contribution is 5.83. The molecule has 1 fully saturated rings. The third-order valence-corrected chi connectivity index (χ3v) is 5.78. The van der Waals surface area contributed by atoms with Crippen LogP contribution < -0.4 is 5.32 Å². The van der Waals surface area contributed by atoms with Gasteiger partial charge in [0.15, 0.2) is 0 Å². The number of piperidine rings is 1. The Hall–Kier alpha value is -2.83. The Morgan fingerprint density at radius 3 is 2.97 bits per heavy atom. The van der Waals surface area contributed by atoms with Gasteiger partial charge in [0.25, 0.3) is 0 Å². The summed E-state index contributed by atoms with van der Waals surface area (Å²) in [5.41, 5.74) is 4.39. The van der Waals surface area contributed by atoms with Gasteiger partial charge in [-0.1, -0.05) is 6.07 Å². The summed E-state index contributed by atoms with van der Waals surface area (Å²) < 4.78 is 0. The van der Waals surface area contributed by atoms with Gasteiger partial charge >= 0.3 is 0 Å². The largest absolute Gasteiger partial charge is 0.355 e. The van der Waals surface area contributed by atoms with Crippen molar-refractivity contribution in [3.8, 4) is 0 Å². The lowest BCUT2D eigenvalue weighted by molar-refractivity contribution is -0.138. The van der Waals surface area contributed by atoms with Crippen LogP contribution in [0.5, 0.6) is 0 Å². The van der Waals surface area contributed by atoms with Crippen LogP contribution in [0.15, 0.2) is 24.4 Å². The normalized spacial score (nSPS) is 18.6. The van der Waals surface area contributed by atoms with Crippen LogP contribution in [0.4, 0.5) is 0 Å². The molecule has 1 aliphatic heterocycles. The fraction of sp³-hybridized carbons (Fsp3) is 0.500. The van der Waals surface area contributed by atoms with E-state index in [9.17, 15) is 9.59 Å². The topological polar surface area (TPSA) is 88.1 Å². The van der Waals surface area contributed by atoms with Gasteiger partial charge in [-0.15, -0.1) is 0 Å². The van der Waals surface area contributed by atoms with Gasteiger partial charge in [0.1, 0.15) is 5.82 Å². The lowest BCUT2D eigenvalue weighted by Crippen LogP contribution is -2.45. The second kappa shape index (κ2) is 8.68. The maximum absolute atomic E-state index is 12.6. The van der Waals surface area contributed by atoms with Crippen LogP contribution in [0.2, 0.25) is 0 Å². The van der Waals surface area contributed by atoms with Crippen LogP contribution in [0, 0.1) is 12.8 Å². The van der Waals surface area contributed by atoms with Crippen molar-refractivity contribution in [2.45, 2.75) is 52.0 Å². The lowest BCUT2D eigenvalue weighted by Gasteiger charge is -2.31. The number of amides is 2. The standard InChI is InChI=1S/C22H27N5O2/c1-15-18-6-4-7-19(18)26-20(25-15)10-12-24-22(29)16-8-9-21(28)27(13-16)14-17-5-2-3-11-23-17/h2-3,5,11,16H,4,6-10,12-14H2,1H3,(H,24,29). The van der Waals surface area contributed by atoms with Crippen molar-refractivity contribution in [2.24, 2.45) is 5.92 Å². The predicted molar refractivity (Wildman–Crippen MR) is 108 cm³/mol. The summed E-state index contributed by atoms with van der Waals surface area (Å²) in [4.78, 5) is 40.2. The fourth-order valence-electron chi connectivity index (χ4n) is 4.21. The number of hydrogen-bond acceptors (Lipinski definition) is 5. The first kappa shape index (κ1) is 19.5. The molecule has 0 saturated carbocycles. The number of carbonyl (C=O) groups is 2. The number of aryl methyl sites for hydroxylation is 2. The minimum Gasteiger partial charge on any atom is -0.355 e. The van der Waals surface area contributed by atoms with Crippen LogP contribution in [0.3, 0.4) is 0 Å². The Balaban J connectivity index is 1.29. The van der Waals surface area contributed by atoms with E-state index in [4.69, 9.17) is 0 Å². The molecule has 2 aromatic rings. The van der Waals surface area contributed by atoms with Gasteiger partial charge in [-0.25, -0.2) is 9.97 Å². The summed E-state index contributed by atoms with van der Waals surface area (Å²) in [6.45, 7) is 3.45. The van der Waals surface area contributed by atoms with Gasteiger partial charge in [0, 0.05) is 43.5 Å². The van der Waals surface area contributed by atoms with E-state index in [1.54, 1.807) is 11.1 Å². The average molecular weight is 393 g/mol. The SMILES string of the molecule is Cc1nc(CCNC(=O)C2CCC(=O)N(Cc3ccccn3)C2)nc2c1CCC2. The van der Waals surface area contributed by atoms with Crippen molar-refractivity contribution in [2.75, 3.05) is 13.1 Å². The van der Waals surface area contributed by atoms with Gasteiger partial charge in [-0.05, 0) is 50.3 Å². The van der Waals surface area contributed by atoms with Crippen LogP contribution in [0.25, 0.3) is 0 Å². The molecule has 1 aliphatic carbocycles. The molecule has 7 heteroatoms. The number of likely N-dealkylation sites (tertiary alicyclic amines) is 1. The molecule has 7 nitrogen and oxygen atoms in total. The van der Waals surface area contributed by atoms with Gasteiger partial charge in [0.2, 0.25) is 11.8 Å². The molecule has 2 aliphatic rings. The van der Waals surface area contributed by atoms with Crippen LogP contribution >= 0.6 is 0 Å². The average Bonchev–Trinajstić information content (AvgIpc) is 3.20. The molecular formula is C22H27N5O2. The number of carbonyl (C=O) groups excluding carboxylic acids is 2. The third kappa shape index (κ3) is 4.60. The molecule has 1 atom stereocenters. The number of nitrogens with zero attached hydrogens (tertiary/aromatic N) is 4. The minimum absolute atomic E-state index is 0.00130. The second-order valence-electron chi connectivity index (χ2n) is 7.88. The van der Waals surface area contributed by atoms with Crippen LogP contribution in [0.1, 0.15) is 47.7 Å². The number of pyridine rings is 1. The van der Waals surface area contributed by atoms with Crippen molar-refractivity contribution in [3.63, 3.8) is 0 Å². The molecule has 1 N–H and O–H groups in total. The van der Waals surface area contributed by atoms with E-state index in [0.29, 0.717) is 38.9 Å². The number of rotatable bonds is 6. The van der Waals surface area contributed by atoms with Crippen molar-refractivity contribution < 1.29 is 9.59 Å². The van der Waals surface area contributed by atoms with E-state index in [1.165, 1.54) is 11.3 Å². The maximum atomic E-state index is 12.6. The highest BCUT2D eigenvalue weighted by Crippen LogP contribution is 2.22. The van der Waals surface area contributed by atoms with E-state index in [-0.39, 0.29) is 17.7 Å². The van der Waals surface area contributed by atoms with Gasteiger partial charge in [0.05, 0.1) is 18.2 Å². The molecule has 0 aromatic carbocycles. The molecule has 1 saturated heterocycles. The molecular weight excluding hydrogens is 366 g/mol. The maximum Gasteiger partial charge on any atom is 0.224 e. The summed E-state index contributed by atoms with van der Waals surface area (Å²) in [6, 6.07) is 5.66. The van der Waals surface area contributed by atoms with Crippen LogP contribution in [-0.2, 0) is 35.4 Å². The summed E-state index contributed by atoms with van der Waals surface area (Å²) in [7, 11) is 0. The Bertz CT molecular complexity index is 900. The van der Waals surface area contributed by atoms with Crippen molar-refractivity contribution in [3.05, 3.63) is 52.9 Å². The second-order valence-corrected chi connectivity index (χ2v) is 7.88. The van der Waals surface area contributed by atoms with E-state index >= 15 is 0 Å². The first-order chi connectivity index (χ1) is 14.1. The zero-order valence-electron chi connectivity index (χ0n) is 16.9. The molecule has 4 rings (SSSR count). The zero-order chi connectivity index (χ0) is 20.2. The molecule has 2 amide bonds. The molecule has 1 unspecified atom stereocenters. The van der Waals surface area contributed by atoms with Gasteiger partial charge in [-0.3, -0.25) is 14.6 Å². The van der Waals surface area contributed by atoms with Crippen molar-refractivity contribution in [1.29, 1.82) is 0 Å². The summed E-state index contributed by atoms with van der Waals surface area (Å²) in [6.07, 6.45) is 6.60. The van der Waals surface area contributed by atoms with E-state index in [1.807, 2.05) is 25.1 Å². The fourth-order valence-corrected chi connectivity index (χ4v) is 4.21. The number of hydrogen-bond donors (Lipinski definition) is 1. The summed E-state index contributed by atoms with van der Waals surface area (Å²) >= 11 is 0. The number of nitrogens with one attached hydrogen (secondary N) is 1. The Morgan fingerprint density at radius 2 is 2.14 bits per heavy atom. The quantitative estimate of drug-likeness (QED) is 0.808. The molecule has 0 spiro atoms. The van der Waals surface area contributed by atoms with E-state index in [2.05, 4.69) is 20.3 Å². The molecule has 0 bridgehead atoms. The molecule has 0 radical (unpaired) electrons. The number of fused-ring (bicyclic) bond motifs is 1. The van der Waals surface area contributed by atoms with Crippen molar-refractivity contribution in [1.82, 2.24) is 25.2 Å². The lowest BCUT2D eigenvalue weighted by atomic mass is 9.96. The minimum atomic E-state index is -0.181. The van der Waals surface area contributed by atoms with Crippen LogP contribution in [-0.4, -0.2) is 44.8 Å². The highest BCUT2D eigenvalue weighted by atomic mass is 16.2. The van der Waals surface area contributed by atoms with E-state index < -0.39 is 0 Å². The third-order valence-electron chi connectivity index (χ3n) is 5.78. The number of aromatic nitrogens is 3. The molecule has 152 valence electrons. The molecule has 29 heavy (non-hydrogen) atoms. The first-order valence-corrected chi connectivity index (χ1v) is 10.4.